The number of rotatable bonds is 6. The van der Waals surface area contributed by atoms with Gasteiger partial charge in [-0.1, -0.05) is 55.5 Å². The molecule has 0 unspecified atom stereocenters. The van der Waals surface area contributed by atoms with Crippen LogP contribution < -0.4 is 5.43 Å². The molecular weight excluding hydrogens is 336 g/mol. The van der Waals surface area contributed by atoms with Crippen molar-refractivity contribution in [1.29, 1.82) is 0 Å². The van der Waals surface area contributed by atoms with Crippen molar-refractivity contribution < 1.29 is 4.79 Å². The number of nitrogens with zero attached hydrogens (tertiary/aromatic N) is 3. The number of aromatic nitrogens is 2. The Labute approximate surface area is 159 Å². The van der Waals surface area contributed by atoms with Gasteiger partial charge in [0, 0.05) is 11.5 Å². The molecule has 5 nitrogen and oxygen atoms in total. The average molecular weight is 360 g/mol. The maximum Gasteiger partial charge on any atom is 0.243 e. The van der Waals surface area contributed by atoms with E-state index >= 15 is 0 Å². The molecule has 1 heterocycles. The minimum Gasteiger partial charge on any atom is -0.273 e. The van der Waals surface area contributed by atoms with Gasteiger partial charge in [0.05, 0.1) is 23.3 Å². The number of carbonyl (C=O) groups is 1. The molecule has 2 aromatic carbocycles. The fourth-order valence-corrected chi connectivity index (χ4v) is 2.99. The molecule has 3 aromatic rings. The number of hydrogen-bond acceptors (Lipinski definition) is 3. The Morgan fingerprint density at radius 1 is 1.11 bits per heavy atom. The van der Waals surface area contributed by atoms with Crippen molar-refractivity contribution in [2.75, 3.05) is 0 Å². The van der Waals surface area contributed by atoms with Crippen molar-refractivity contribution in [2.45, 2.75) is 27.2 Å². The highest BCUT2D eigenvalue weighted by atomic mass is 16.2. The van der Waals surface area contributed by atoms with Gasteiger partial charge in [0.1, 0.15) is 0 Å². The van der Waals surface area contributed by atoms with Gasteiger partial charge in [0.2, 0.25) is 5.91 Å². The lowest BCUT2D eigenvalue weighted by Crippen LogP contribution is -2.26. The van der Waals surface area contributed by atoms with Crippen LogP contribution in [-0.4, -0.2) is 21.9 Å². The third kappa shape index (κ3) is 4.50. The largest absolute Gasteiger partial charge is 0.273 e. The summed E-state index contributed by atoms with van der Waals surface area (Å²) in [6, 6.07) is 19.9. The van der Waals surface area contributed by atoms with Gasteiger partial charge in [-0.2, -0.15) is 10.2 Å². The smallest absolute Gasteiger partial charge is 0.243 e. The number of benzene rings is 2. The zero-order valence-corrected chi connectivity index (χ0v) is 15.9. The molecule has 3 rings (SSSR count). The highest BCUT2D eigenvalue weighted by Crippen LogP contribution is 2.16. The highest BCUT2D eigenvalue weighted by Gasteiger charge is 2.14. The van der Waals surface area contributed by atoms with Crippen LogP contribution in [0, 0.1) is 19.8 Å². The van der Waals surface area contributed by atoms with E-state index in [4.69, 9.17) is 0 Å². The number of hydrogen-bond donors (Lipinski definition) is 1. The lowest BCUT2D eigenvalue weighted by Gasteiger charge is -2.09. The van der Waals surface area contributed by atoms with E-state index < -0.39 is 0 Å². The van der Waals surface area contributed by atoms with E-state index in [1.807, 2.05) is 86.1 Å². The standard InChI is InChI=1S/C22H24N4O/c1-16(14-19-10-6-4-7-11-19)22(27)24-23-15-21-17(2)25-26(18(21)3)20-12-8-5-9-13-20/h4-13,15-16H,14H2,1-3H3,(H,24,27)/t16-/m0/s1. The summed E-state index contributed by atoms with van der Waals surface area (Å²) in [5, 5.41) is 8.74. The van der Waals surface area contributed by atoms with Crippen LogP contribution in [0.25, 0.3) is 5.69 Å². The molecule has 1 amide bonds. The molecule has 0 fully saturated rings. The Morgan fingerprint density at radius 3 is 2.41 bits per heavy atom. The summed E-state index contributed by atoms with van der Waals surface area (Å²) in [5.74, 6) is -0.250. The first-order valence-corrected chi connectivity index (χ1v) is 9.04. The van der Waals surface area contributed by atoms with E-state index in [-0.39, 0.29) is 11.8 Å². The first-order valence-electron chi connectivity index (χ1n) is 9.04. The molecule has 0 spiro atoms. The van der Waals surface area contributed by atoms with Crippen molar-refractivity contribution in [3.63, 3.8) is 0 Å². The molecule has 27 heavy (non-hydrogen) atoms. The van der Waals surface area contributed by atoms with Gasteiger partial charge < -0.3 is 0 Å². The average Bonchev–Trinajstić information content (AvgIpc) is 2.97. The van der Waals surface area contributed by atoms with Crippen LogP contribution in [0.1, 0.15) is 29.4 Å². The Balaban J connectivity index is 1.66. The van der Waals surface area contributed by atoms with E-state index in [1.54, 1.807) is 6.21 Å². The third-order valence-electron chi connectivity index (χ3n) is 4.55. The topological polar surface area (TPSA) is 59.3 Å². The second-order valence-electron chi connectivity index (χ2n) is 6.66. The van der Waals surface area contributed by atoms with E-state index in [0.29, 0.717) is 6.42 Å². The van der Waals surface area contributed by atoms with Crippen LogP contribution in [-0.2, 0) is 11.2 Å². The van der Waals surface area contributed by atoms with Crippen molar-refractivity contribution >= 4 is 12.1 Å². The molecular formula is C22H24N4O. The van der Waals surface area contributed by atoms with Gasteiger partial charge in [0.15, 0.2) is 0 Å². The number of aryl methyl sites for hydroxylation is 1. The van der Waals surface area contributed by atoms with Crippen LogP contribution in [0.3, 0.4) is 0 Å². The quantitative estimate of drug-likeness (QED) is 0.537. The summed E-state index contributed by atoms with van der Waals surface area (Å²) in [5.41, 5.74) is 7.55. The molecule has 0 aliphatic rings. The van der Waals surface area contributed by atoms with Crippen LogP contribution in [0.2, 0.25) is 0 Å². The summed E-state index contributed by atoms with van der Waals surface area (Å²) >= 11 is 0. The zero-order valence-electron chi connectivity index (χ0n) is 15.9. The van der Waals surface area contributed by atoms with E-state index in [0.717, 1.165) is 28.2 Å². The second kappa shape index (κ2) is 8.45. The first-order chi connectivity index (χ1) is 13.1. The Morgan fingerprint density at radius 2 is 1.74 bits per heavy atom. The van der Waals surface area contributed by atoms with Gasteiger partial charge in [-0.15, -0.1) is 0 Å². The number of hydrazone groups is 1. The number of carbonyl (C=O) groups excluding carboxylic acids is 1. The van der Waals surface area contributed by atoms with Crippen LogP contribution >= 0.6 is 0 Å². The minimum absolute atomic E-state index is 0.0964. The minimum atomic E-state index is -0.154. The SMILES string of the molecule is Cc1nn(-c2ccccc2)c(C)c1C=NNC(=O)[C@@H](C)Cc1ccccc1. The molecule has 0 aliphatic heterocycles. The normalized spacial score (nSPS) is 12.3. The van der Waals surface area contributed by atoms with Crippen LogP contribution in [0.5, 0.6) is 0 Å². The van der Waals surface area contributed by atoms with E-state index in [1.165, 1.54) is 0 Å². The highest BCUT2D eigenvalue weighted by molar-refractivity contribution is 5.85. The van der Waals surface area contributed by atoms with Crippen molar-refractivity contribution in [3.05, 3.63) is 83.2 Å². The lowest BCUT2D eigenvalue weighted by atomic mass is 10.0. The second-order valence-corrected chi connectivity index (χ2v) is 6.66. The van der Waals surface area contributed by atoms with Gasteiger partial charge in [0.25, 0.3) is 0 Å². The monoisotopic (exact) mass is 360 g/mol. The Kier molecular flexibility index (Phi) is 5.81. The summed E-state index contributed by atoms with van der Waals surface area (Å²) in [7, 11) is 0. The molecule has 1 aromatic heterocycles. The molecule has 138 valence electrons. The van der Waals surface area contributed by atoms with Gasteiger partial charge in [-0.05, 0) is 38.0 Å². The molecule has 0 bridgehead atoms. The summed E-state index contributed by atoms with van der Waals surface area (Å²) < 4.78 is 1.89. The Bertz CT molecular complexity index is 930. The van der Waals surface area contributed by atoms with Crippen LogP contribution in [0.4, 0.5) is 0 Å². The molecule has 0 saturated heterocycles. The number of para-hydroxylation sites is 1. The maximum atomic E-state index is 12.3. The predicted octanol–water partition coefficient (Wildman–Crippen LogP) is 3.82. The van der Waals surface area contributed by atoms with Gasteiger partial charge in [-0.3, -0.25) is 4.79 Å². The maximum absolute atomic E-state index is 12.3. The predicted molar refractivity (Wildman–Crippen MR) is 108 cm³/mol. The summed E-state index contributed by atoms with van der Waals surface area (Å²) in [6.07, 6.45) is 2.36. The van der Waals surface area contributed by atoms with Gasteiger partial charge in [-0.25, -0.2) is 10.1 Å². The van der Waals surface area contributed by atoms with Crippen LogP contribution in [0.15, 0.2) is 65.8 Å². The fourth-order valence-electron chi connectivity index (χ4n) is 2.99. The molecule has 0 radical (unpaired) electrons. The molecule has 0 saturated carbocycles. The van der Waals surface area contributed by atoms with E-state index in [9.17, 15) is 4.79 Å². The van der Waals surface area contributed by atoms with Crippen molar-refractivity contribution in [3.8, 4) is 5.69 Å². The number of amides is 1. The van der Waals surface area contributed by atoms with Gasteiger partial charge >= 0.3 is 0 Å². The van der Waals surface area contributed by atoms with Crippen molar-refractivity contribution in [1.82, 2.24) is 15.2 Å². The Hall–Kier alpha value is -3.21. The molecule has 1 atom stereocenters. The fraction of sp³-hybridized carbons (Fsp3) is 0.227. The molecule has 5 heteroatoms. The molecule has 0 aliphatic carbocycles. The number of nitrogens with one attached hydrogen (secondary N) is 1. The molecule has 1 N–H and O–H groups in total. The zero-order chi connectivity index (χ0) is 19.2. The first kappa shape index (κ1) is 18.6. The third-order valence-corrected chi connectivity index (χ3v) is 4.55. The van der Waals surface area contributed by atoms with Crippen molar-refractivity contribution in [2.24, 2.45) is 11.0 Å². The summed E-state index contributed by atoms with van der Waals surface area (Å²) in [6.45, 7) is 5.84. The van der Waals surface area contributed by atoms with E-state index in [2.05, 4.69) is 15.6 Å². The summed E-state index contributed by atoms with van der Waals surface area (Å²) in [4.78, 5) is 12.3. The lowest BCUT2D eigenvalue weighted by molar-refractivity contribution is -0.124.